The lowest BCUT2D eigenvalue weighted by molar-refractivity contribution is -0.150. The molecule has 0 N–H and O–H groups in total. The van der Waals surface area contributed by atoms with Crippen LogP contribution in [0.2, 0.25) is 0 Å². The zero-order chi connectivity index (χ0) is 19.6. The Morgan fingerprint density at radius 1 is 0.857 bits per heavy atom. The minimum Gasteiger partial charge on any atom is -0.453 e. The number of carbonyl (C=O) groups is 1. The maximum atomic E-state index is 12.0. The van der Waals surface area contributed by atoms with Gasteiger partial charge in [-0.1, -0.05) is 64.5 Å². The van der Waals surface area contributed by atoms with E-state index in [0.29, 0.717) is 0 Å². The van der Waals surface area contributed by atoms with Gasteiger partial charge in [0.1, 0.15) is 10.4 Å². The number of carbonyl (C=O) groups excluding carboxylic acids is 1. The molecule has 0 saturated heterocycles. The van der Waals surface area contributed by atoms with E-state index >= 15 is 0 Å². The Labute approximate surface area is 177 Å². The molecule has 0 aromatic heterocycles. The van der Waals surface area contributed by atoms with Crippen molar-refractivity contribution in [3.8, 4) is 0 Å². The van der Waals surface area contributed by atoms with Gasteiger partial charge in [0.2, 0.25) is 0 Å². The van der Waals surface area contributed by atoms with Gasteiger partial charge in [0.25, 0.3) is 0 Å². The summed E-state index contributed by atoms with van der Waals surface area (Å²) in [4.78, 5) is 15.6. The van der Waals surface area contributed by atoms with Crippen molar-refractivity contribution in [1.29, 1.82) is 0 Å². The van der Waals surface area contributed by atoms with E-state index in [-0.39, 0.29) is 21.7 Å². The summed E-state index contributed by atoms with van der Waals surface area (Å²) in [7, 11) is -0.163. The van der Waals surface area contributed by atoms with Gasteiger partial charge in [-0.15, -0.1) is 0 Å². The smallest absolute Gasteiger partial charge is 0.320 e. The molecule has 142 valence electrons. The van der Waals surface area contributed by atoms with E-state index in [4.69, 9.17) is 4.74 Å². The van der Waals surface area contributed by atoms with Crippen LogP contribution in [-0.4, -0.2) is 10.8 Å². The predicted molar refractivity (Wildman–Crippen MR) is 117 cm³/mol. The number of halogens is 1. The third kappa shape index (κ3) is 4.03. The average molecular weight is 454 g/mol. The second kappa shape index (κ2) is 8.14. The van der Waals surface area contributed by atoms with E-state index in [1.807, 2.05) is 0 Å². The van der Waals surface area contributed by atoms with E-state index in [0.717, 1.165) is 18.4 Å². The maximum absolute atomic E-state index is 12.0. The topological polar surface area (TPSA) is 26.3 Å². The zero-order valence-corrected chi connectivity index (χ0v) is 18.1. The van der Waals surface area contributed by atoms with Crippen LogP contribution in [0.15, 0.2) is 99.6 Å². The molecule has 3 aromatic rings. The van der Waals surface area contributed by atoms with Gasteiger partial charge in [-0.3, -0.25) is 4.79 Å². The Morgan fingerprint density at radius 3 is 1.75 bits per heavy atom. The van der Waals surface area contributed by atoms with Crippen molar-refractivity contribution in [2.45, 2.75) is 44.9 Å². The minimum atomic E-state index is -0.435. The number of hydrogen-bond acceptors (Lipinski definition) is 2. The van der Waals surface area contributed by atoms with Gasteiger partial charge in [0, 0.05) is 0 Å². The molecular formula is C24H22BrO2S+. The van der Waals surface area contributed by atoms with Crippen LogP contribution >= 0.6 is 15.9 Å². The predicted octanol–water partition coefficient (Wildman–Crippen LogP) is 6.10. The lowest BCUT2D eigenvalue weighted by atomic mass is 10.1. The van der Waals surface area contributed by atoms with Crippen molar-refractivity contribution in [3.05, 3.63) is 90.5 Å². The Balaban J connectivity index is 1.65. The normalized spacial score (nSPS) is 15.8. The van der Waals surface area contributed by atoms with Crippen LogP contribution in [-0.2, 0) is 26.0 Å². The summed E-state index contributed by atoms with van der Waals surface area (Å²) < 4.78 is 5.78. The molecule has 4 heteroatoms. The molecule has 0 heterocycles. The van der Waals surface area contributed by atoms with Gasteiger partial charge in [-0.25, -0.2) is 0 Å². The third-order valence-corrected chi connectivity index (χ3v) is 7.50. The van der Waals surface area contributed by atoms with Crippen LogP contribution in [0.1, 0.15) is 25.3 Å². The number of ether oxygens (including phenoxy) is 1. The summed E-state index contributed by atoms with van der Waals surface area (Å²) >= 11 is 3.30. The second-order valence-electron chi connectivity index (χ2n) is 6.99. The Kier molecular flexibility index (Phi) is 5.61. The van der Waals surface area contributed by atoms with Crippen molar-refractivity contribution in [2.75, 3.05) is 0 Å². The van der Waals surface area contributed by atoms with Crippen LogP contribution in [0.5, 0.6) is 0 Å². The molecule has 0 radical (unpaired) electrons. The quantitative estimate of drug-likeness (QED) is 0.256. The Bertz CT molecular complexity index is 896. The first kappa shape index (κ1) is 19.3. The fraction of sp³-hybridized carbons (Fsp3) is 0.208. The molecule has 1 unspecified atom stereocenters. The third-order valence-electron chi connectivity index (χ3n) is 4.90. The number of benzene rings is 3. The molecular weight excluding hydrogens is 432 g/mol. The van der Waals surface area contributed by atoms with Crippen LogP contribution < -0.4 is 0 Å². The van der Waals surface area contributed by atoms with Gasteiger partial charge < -0.3 is 4.74 Å². The lowest BCUT2D eigenvalue weighted by Gasteiger charge is -2.18. The van der Waals surface area contributed by atoms with Gasteiger partial charge in [-0.05, 0) is 61.7 Å². The summed E-state index contributed by atoms with van der Waals surface area (Å²) in [6.07, 6.45) is 1.78. The number of hydrogen-bond donors (Lipinski definition) is 0. The van der Waals surface area contributed by atoms with Crippen LogP contribution in [0, 0.1) is 0 Å². The molecule has 1 fully saturated rings. The molecule has 28 heavy (non-hydrogen) atoms. The zero-order valence-electron chi connectivity index (χ0n) is 15.7. The highest BCUT2D eigenvalue weighted by Crippen LogP contribution is 2.50. The van der Waals surface area contributed by atoms with Crippen molar-refractivity contribution in [3.63, 3.8) is 0 Å². The SMILES string of the molecule is CC(Br)C(=O)OC1(c2ccc([S+](c3ccccc3)c3ccccc3)cc2)CC1. The molecule has 0 amide bonds. The average Bonchev–Trinajstić information content (AvgIpc) is 3.51. The van der Waals surface area contributed by atoms with Crippen LogP contribution in [0.4, 0.5) is 0 Å². The molecule has 4 rings (SSSR count). The highest BCUT2D eigenvalue weighted by atomic mass is 79.9. The maximum Gasteiger partial charge on any atom is 0.320 e. The first-order valence-corrected chi connectivity index (χ1v) is 11.5. The molecule has 1 aliphatic carbocycles. The number of alkyl halides is 1. The number of esters is 1. The van der Waals surface area contributed by atoms with Crippen LogP contribution in [0.25, 0.3) is 0 Å². The van der Waals surface area contributed by atoms with E-state index < -0.39 is 5.60 Å². The lowest BCUT2D eigenvalue weighted by Crippen LogP contribution is -2.22. The molecule has 0 aliphatic heterocycles. The van der Waals surface area contributed by atoms with Crippen molar-refractivity contribution in [2.24, 2.45) is 0 Å². The molecule has 0 bridgehead atoms. The van der Waals surface area contributed by atoms with Crippen molar-refractivity contribution in [1.82, 2.24) is 0 Å². The summed E-state index contributed by atoms with van der Waals surface area (Å²) in [5.41, 5.74) is 0.651. The molecule has 2 nitrogen and oxygen atoms in total. The summed E-state index contributed by atoms with van der Waals surface area (Å²) in [5.74, 6) is -0.199. The minimum absolute atomic E-state index is 0.163. The fourth-order valence-electron chi connectivity index (χ4n) is 3.25. The molecule has 1 aliphatic rings. The molecule has 1 saturated carbocycles. The molecule has 0 spiro atoms. The standard InChI is InChI=1S/C24H22BrO2S/c1-18(25)23(26)27-24(16-17-24)19-12-14-22(15-13-19)28(20-8-4-2-5-9-20)21-10-6-3-7-11-21/h2-15,18H,16-17H2,1H3/q+1. The van der Waals surface area contributed by atoms with Crippen molar-refractivity contribution >= 4 is 32.8 Å². The summed E-state index contributed by atoms with van der Waals surface area (Å²) in [5, 5.41) is 0. The molecule has 3 aromatic carbocycles. The first-order valence-electron chi connectivity index (χ1n) is 9.41. The second-order valence-corrected chi connectivity index (χ2v) is 10.4. The first-order chi connectivity index (χ1) is 13.6. The fourth-order valence-corrected chi connectivity index (χ4v) is 5.43. The van der Waals surface area contributed by atoms with E-state index in [2.05, 4.69) is 101 Å². The van der Waals surface area contributed by atoms with Gasteiger partial charge >= 0.3 is 5.97 Å². The van der Waals surface area contributed by atoms with Crippen molar-refractivity contribution < 1.29 is 9.53 Å². The highest BCUT2D eigenvalue weighted by Gasteiger charge is 2.49. The van der Waals surface area contributed by atoms with Crippen LogP contribution in [0.3, 0.4) is 0 Å². The number of rotatable bonds is 6. The van der Waals surface area contributed by atoms with E-state index in [1.54, 1.807) is 6.92 Å². The largest absolute Gasteiger partial charge is 0.453 e. The van der Waals surface area contributed by atoms with Gasteiger partial charge in [-0.2, -0.15) is 0 Å². The summed E-state index contributed by atoms with van der Waals surface area (Å²) in [6.45, 7) is 1.80. The Morgan fingerprint density at radius 2 is 1.32 bits per heavy atom. The Hall–Kier alpha value is -2.04. The highest BCUT2D eigenvalue weighted by molar-refractivity contribution is 9.10. The van der Waals surface area contributed by atoms with E-state index in [1.165, 1.54) is 14.7 Å². The summed E-state index contributed by atoms with van der Waals surface area (Å²) in [6, 6.07) is 29.8. The van der Waals surface area contributed by atoms with E-state index in [9.17, 15) is 4.79 Å². The van der Waals surface area contributed by atoms with Gasteiger partial charge in [0.05, 0.1) is 10.9 Å². The monoisotopic (exact) mass is 453 g/mol. The van der Waals surface area contributed by atoms with Gasteiger partial charge in [0.15, 0.2) is 14.7 Å². The molecule has 1 atom stereocenters.